The maximum absolute atomic E-state index is 11.6. The Morgan fingerprint density at radius 2 is 2.13 bits per heavy atom. The van der Waals surface area contributed by atoms with E-state index in [9.17, 15) is 4.79 Å². The Kier molecular flexibility index (Phi) is 6.36. The van der Waals surface area contributed by atoms with Crippen LogP contribution < -0.4 is 5.32 Å². The lowest BCUT2D eigenvalue weighted by atomic mass is 10.4. The van der Waals surface area contributed by atoms with E-state index >= 15 is 0 Å². The minimum Gasteiger partial charge on any atom is -0.382 e. The number of likely N-dealkylation sites (tertiary alicyclic amines) is 1. The maximum Gasteiger partial charge on any atom is 0.236 e. The van der Waals surface area contributed by atoms with Gasteiger partial charge in [0.25, 0.3) is 0 Å². The van der Waals surface area contributed by atoms with Crippen molar-refractivity contribution in [1.82, 2.24) is 10.2 Å². The van der Waals surface area contributed by atoms with Crippen LogP contribution in [-0.2, 0) is 9.53 Å². The van der Waals surface area contributed by atoms with Crippen LogP contribution in [-0.4, -0.2) is 50.2 Å². The molecule has 0 aromatic heterocycles. The number of carbonyl (C=O) groups excluding carboxylic acids is 1. The smallest absolute Gasteiger partial charge is 0.236 e. The standard InChI is InChI=1S/C11H22N2O2/c1-2-15-9-5-6-12-10-11(14)13-7-3-4-8-13/h12H,2-10H2,1H3. The zero-order valence-corrected chi connectivity index (χ0v) is 9.63. The van der Waals surface area contributed by atoms with Crippen LogP contribution in [0.1, 0.15) is 26.2 Å². The van der Waals surface area contributed by atoms with E-state index in [0.717, 1.165) is 52.1 Å². The lowest BCUT2D eigenvalue weighted by Gasteiger charge is -2.15. The summed E-state index contributed by atoms with van der Waals surface area (Å²) in [6.07, 6.45) is 3.30. The van der Waals surface area contributed by atoms with Gasteiger partial charge in [0.15, 0.2) is 0 Å². The molecule has 1 N–H and O–H groups in total. The third-order valence-electron chi connectivity index (χ3n) is 2.58. The SMILES string of the molecule is CCOCCCNCC(=O)N1CCCC1. The first-order chi connectivity index (χ1) is 7.34. The topological polar surface area (TPSA) is 41.6 Å². The Morgan fingerprint density at radius 1 is 1.40 bits per heavy atom. The van der Waals surface area contributed by atoms with E-state index in [1.807, 2.05) is 11.8 Å². The molecule has 0 atom stereocenters. The van der Waals surface area contributed by atoms with Crippen molar-refractivity contribution in [1.29, 1.82) is 0 Å². The Morgan fingerprint density at radius 3 is 2.80 bits per heavy atom. The Hall–Kier alpha value is -0.610. The van der Waals surface area contributed by atoms with Gasteiger partial charge in [0.05, 0.1) is 6.54 Å². The molecule has 1 fully saturated rings. The molecule has 0 bridgehead atoms. The molecule has 1 aliphatic heterocycles. The van der Waals surface area contributed by atoms with E-state index in [0.29, 0.717) is 6.54 Å². The van der Waals surface area contributed by atoms with Crippen LogP contribution in [0, 0.1) is 0 Å². The highest BCUT2D eigenvalue weighted by Gasteiger charge is 2.16. The summed E-state index contributed by atoms with van der Waals surface area (Å²) in [6.45, 7) is 6.77. The van der Waals surface area contributed by atoms with E-state index in [2.05, 4.69) is 5.32 Å². The number of nitrogens with one attached hydrogen (secondary N) is 1. The molecule has 1 saturated heterocycles. The minimum absolute atomic E-state index is 0.240. The van der Waals surface area contributed by atoms with E-state index < -0.39 is 0 Å². The van der Waals surface area contributed by atoms with Crippen LogP contribution in [0.25, 0.3) is 0 Å². The zero-order chi connectivity index (χ0) is 10.9. The molecule has 15 heavy (non-hydrogen) atoms. The number of rotatable bonds is 7. The van der Waals surface area contributed by atoms with Crippen molar-refractivity contribution in [2.24, 2.45) is 0 Å². The quantitative estimate of drug-likeness (QED) is 0.632. The second-order valence-electron chi connectivity index (χ2n) is 3.82. The highest BCUT2D eigenvalue weighted by Crippen LogP contribution is 2.06. The number of carbonyl (C=O) groups is 1. The number of hydrogen-bond acceptors (Lipinski definition) is 3. The van der Waals surface area contributed by atoms with Crippen LogP contribution in [0.15, 0.2) is 0 Å². The van der Waals surface area contributed by atoms with E-state index in [1.165, 1.54) is 0 Å². The van der Waals surface area contributed by atoms with Crippen LogP contribution in [0.2, 0.25) is 0 Å². The van der Waals surface area contributed by atoms with Crippen LogP contribution in [0.3, 0.4) is 0 Å². The third kappa shape index (κ3) is 5.14. The molecule has 4 nitrogen and oxygen atoms in total. The fourth-order valence-electron chi connectivity index (χ4n) is 1.72. The van der Waals surface area contributed by atoms with E-state index in [1.54, 1.807) is 0 Å². The Balaban J connectivity index is 1.92. The molecule has 1 heterocycles. The summed E-state index contributed by atoms with van der Waals surface area (Å²) in [5.41, 5.74) is 0. The minimum atomic E-state index is 0.240. The van der Waals surface area contributed by atoms with Crippen LogP contribution in [0.4, 0.5) is 0 Å². The van der Waals surface area contributed by atoms with Gasteiger partial charge in [-0.15, -0.1) is 0 Å². The molecule has 0 unspecified atom stereocenters. The van der Waals surface area contributed by atoms with Crippen LogP contribution in [0.5, 0.6) is 0 Å². The Bertz CT molecular complexity index is 179. The van der Waals surface area contributed by atoms with Gasteiger partial charge in [0.1, 0.15) is 0 Å². The molecule has 0 aliphatic carbocycles. The molecular weight excluding hydrogens is 192 g/mol. The summed E-state index contributed by atoms with van der Waals surface area (Å²) in [5.74, 6) is 0.240. The number of nitrogens with zero attached hydrogens (tertiary/aromatic N) is 1. The molecule has 1 amide bonds. The second-order valence-corrected chi connectivity index (χ2v) is 3.82. The summed E-state index contributed by atoms with van der Waals surface area (Å²) in [5, 5.41) is 3.15. The fourth-order valence-corrected chi connectivity index (χ4v) is 1.72. The number of amides is 1. The average Bonchev–Trinajstić information content (AvgIpc) is 2.76. The predicted molar refractivity (Wildman–Crippen MR) is 59.8 cm³/mol. The van der Waals surface area contributed by atoms with Gasteiger partial charge < -0.3 is 15.0 Å². The van der Waals surface area contributed by atoms with Crippen molar-refractivity contribution in [3.63, 3.8) is 0 Å². The first-order valence-electron chi connectivity index (χ1n) is 5.91. The number of hydrogen-bond donors (Lipinski definition) is 1. The van der Waals surface area contributed by atoms with Crippen molar-refractivity contribution in [2.45, 2.75) is 26.2 Å². The van der Waals surface area contributed by atoms with Crippen LogP contribution >= 0.6 is 0 Å². The van der Waals surface area contributed by atoms with Gasteiger partial charge in [-0.25, -0.2) is 0 Å². The number of ether oxygens (including phenoxy) is 1. The van der Waals surface area contributed by atoms with Gasteiger partial charge in [-0.1, -0.05) is 0 Å². The average molecular weight is 214 g/mol. The first kappa shape index (κ1) is 12.5. The summed E-state index contributed by atoms with van der Waals surface area (Å²) < 4.78 is 5.20. The molecule has 1 rings (SSSR count). The predicted octanol–water partition coefficient (Wildman–Crippen LogP) is 0.625. The summed E-state index contributed by atoms with van der Waals surface area (Å²) in [4.78, 5) is 13.5. The highest BCUT2D eigenvalue weighted by molar-refractivity contribution is 5.78. The zero-order valence-electron chi connectivity index (χ0n) is 9.63. The highest BCUT2D eigenvalue weighted by atomic mass is 16.5. The summed E-state index contributed by atoms with van der Waals surface area (Å²) in [6, 6.07) is 0. The summed E-state index contributed by atoms with van der Waals surface area (Å²) >= 11 is 0. The molecule has 0 saturated carbocycles. The maximum atomic E-state index is 11.6. The van der Waals surface area contributed by atoms with Crippen molar-refractivity contribution in [3.05, 3.63) is 0 Å². The van der Waals surface area contributed by atoms with Gasteiger partial charge in [-0.05, 0) is 32.7 Å². The summed E-state index contributed by atoms with van der Waals surface area (Å²) in [7, 11) is 0. The van der Waals surface area contributed by atoms with E-state index in [-0.39, 0.29) is 5.91 Å². The van der Waals surface area contributed by atoms with E-state index in [4.69, 9.17) is 4.74 Å². The van der Waals surface area contributed by atoms with Crippen molar-refractivity contribution < 1.29 is 9.53 Å². The Labute approximate surface area is 92.0 Å². The molecule has 1 aliphatic rings. The molecule has 0 aromatic rings. The molecule has 4 heteroatoms. The van der Waals surface area contributed by atoms with Gasteiger partial charge >= 0.3 is 0 Å². The normalized spacial score (nSPS) is 15.9. The molecule has 0 radical (unpaired) electrons. The van der Waals surface area contributed by atoms with Gasteiger partial charge in [-0.2, -0.15) is 0 Å². The lowest BCUT2D eigenvalue weighted by Crippen LogP contribution is -2.36. The van der Waals surface area contributed by atoms with Gasteiger partial charge in [-0.3, -0.25) is 4.79 Å². The van der Waals surface area contributed by atoms with Crippen molar-refractivity contribution >= 4 is 5.91 Å². The molecule has 88 valence electrons. The van der Waals surface area contributed by atoms with Crippen molar-refractivity contribution in [2.75, 3.05) is 39.4 Å². The molecular formula is C11H22N2O2. The largest absolute Gasteiger partial charge is 0.382 e. The third-order valence-corrected chi connectivity index (χ3v) is 2.58. The fraction of sp³-hybridized carbons (Fsp3) is 0.909. The van der Waals surface area contributed by atoms with Gasteiger partial charge in [0.2, 0.25) is 5.91 Å². The second kappa shape index (κ2) is 7.65. The monoisotopic (exact) mass is 214 g/mol. The lowest BCUT2D eigenvalue weighted by molar-refractivity contribution is -0.129. The molecule has 0 spiro atoms. The first-order valence-corrected chi connectivity index (χ1v) is 5.91. The molecule has 0 aromatic carbocycles. The van der Waals surface area contributed by atoms with Gasteiger partial charge in [0, 0.05) is 26.3 Å². The van der Waals surface area contributed by atoms with Crippen molar-refractivity contribution in [3.8, 4) is 0 Å².